The van der Waals surface area contributed by atoms with E-state index in [0.717, 1.165) is 25.1 Å². The van der Waals surface area contributed by atoms with E-state index in [1.807, 2.05) is 0 Å². The minimum absolute atomic E-state index is 0.00948. The summed E-state index contributed by atoms with van der Waals surface area (Å²) >= 11 is 0. The molecule has 0 aromatic heterocycles. The number of halogens is 1. The van der Waals surface area contributed by atoms with Gasteiger partial charge < -0.3 is 15.2 Å². The maximum Gasteiger partial charge on any atom is 0.234 e. The molecule has 24 heavy (non-hydrogen) atoms. The smallest absolute Gasteiger partial charge is 0.234 e. The van der Waals surface area contributed by atoms with Crippen LogP contribution in [0, 0.1) is 17.2 Å². The number of ether oxygens (including phenoxy) is 1. The molecule has 2 fully saturated rings. The van der Waals surface area contributed by atoms with E-state index in [2.05, 4.69) is 10.2 Å². The molecule has 0 unspecified atom stereocenters. The molecule has 2 N–H and O–H groups in total. The zero-order valence-corrected chi connectivity index (χ0v) is 13.8. The number of nitrogens with one attached hydrogen (secondary N) is 1. The van der Waals surface area contributed by atoms with Gasteiger partial charge in [0.1, 0.15) is 5.82 Å². The van der Waals surface area contributed by atoms with Gasteiger partial charge in [0.2, 0.25) is 5.91 Å². The van der Waals surface area contributed by atoms with Gasteiger partial charge in [-0.25, -0.2) is 4.39 Å². The number of hydrogen-bond acceptors (Lipinski definition) is 4. The van der Waals surface area contributed by atoms with Gasteiger partial charge >= 0.3 is 0 Å². The first-order valence-electron chi connectivity index (χ1n) is 8.53. The molecule has 132 valence electrons. The van der Waals surface area contributed by atoms with Gasteiger partial charge in [-0.1, -0.05) is 12.1 Å². The zero-order chi connectivity index (χ0) is 17.0. The molecule has 2 saturated heterocycles. The van der Waals surface area contributed by atoms with Gasteiger partial charge in [-0.2, -0.15) is 0 Å². The Bertz CT molecular complexity index is 566. The van der Waals surface area contributed by atoms with Crippen LogP contribution in [-0.4, -0.2) is 61.9 Å². The van der Waals surface area contributed by atoms with Gasteiger partial charge in [-0.3, -0.25) is 9.69 Å². The van der Waals surface area contributed by atoms with Crippen molar-refractivity contribution in [2.75, 3.05) is 46.0 Å². The average Bonchev–Trinajstić information content (AvgIpc) is 2.95. The van der Waals surface area contributed by atoms with Gasteiger partial charge in [0, 0.05) is 31.7 Å². The van der Waals surface area contributed by atoms with Crippen LogP contribution in [-0.2, 0) is 16.0 Å². The maximum atomic E-state index is 12.8. The monoisotopic (exact) mass is 336 g/mol. The first-order chi connectivity index (χ1) is 11.6. The lowest BCUT2D eigenvalue weighted by Gasteiger charge is -2.36. The molecular weight excluding hydrogens is 311 g/mol. The summed E-state index contributed by atoms with van der Waals surface area (Å²) in [4.78, 5) is 14.2. The summed E-state index contributed by atoms with van der Waals surface area (Å²) in [5.41, 5.74) is 0.799. The molecule has 0 saturated carbocycles. The Morgan fingerprint density at radius 2 is 2.21 bits per heavy atom. The van der Waals surface area contributed by atoms with Crippen LogP contribution in [0.5, 0.6) is 0 Å². The van der Waals surface area contributed by atoms with Crippen LogP contribution in [0.1, 0.15) is 12.0 Å². The normalized spacial score (nSPS) is 27.0. The minimum atomic E-state index is -0.250. The molecule has 6 heteroatoms. The van der Waals surface area contributed by atoms with Crippen molar-refractivity contribution in [3.8, 4) is 0 Å². The van der Waals surface area contributed by atoms with Crippen LogP contribution in [0.3, 0.4) is 0 Å². The van der Waals surface area contributed by atoms with Crippen molar-refractivity contribution in [2.24, 2.45) is 11.3 Å². The van der Waals surface area contributed by atoms with E-state index in [1.165, 1.54) is 12.1 Å². The van der Waals surface area contributed by atoms with E-state index in [1.54, 1.807) is 12.1 Å². The molecule has 2 heterocycles. The molecule has 2 aliphatic rings. The Kier molecular flexibility index (Phi) is 5.48. The third-order valence-corrected chi connectivity index (χ3v) is 5.21. The van der Waals surface area contributed by atoms with E-state index in [-0.39, 0.29) is 23.7 Å². The number of aliphatic hydroxyl groups excluding tert-OH is 1. The van der Waals surface area contributed by atoms with Crippen molar-refractivity contribution in [3.05, 3.63) is 35.6 Å². The summed E-state index contributed by atoms with van der Waals surface area (Å²) in [7, 11) is 0. The number of carbonyl (C=O) groups excluding carboxylic acids is 1. The predicted molar refractivity (Wildman–Crippen MR) is 88.0 cm³/mol. The molecule has 2 atom stereocenters. The lowest BCUT2D eigenvalue weighted by Crippen LogP contribution is -2.43. The van der Waals surface area contributed by atoms with Gasteiger partial charge in [-0.15, -0.1) is 0 Å². The molecule has 1 amide bonds. The molecule has 0 spiro atoms. The molecule has 2 aliphatic heterocycles. The summed E-state index contributed by atoms with van der Waals surface area (Å²) in [6.45, 7) is 3.87. The Morgan fingerprint density at radius 1 is 1.42 bits per heavy atom. The second kappa shape index (κ2) is 7.59. The van der Waals surface area contributed by atoms with E-state index in [0.29, 0.717) is 38.6 Å². The largest absolute Gasteiger partial charge is 0.396 e. The maximum absolute atomic E-state index is 12.8. The van der Waals surface area contributed by atoms with Crippen LogP contribution in [0.4, 0.5) is 4.39 Å². The fraction of sp³-hybridized carbons (Fsp3) is 0.611. The standard InChI is InChI=1S/C18H25FN2O3/c19-16-3-1-14(2-4-16)5-7-20-17(23)10-21-9-15-6-8-24-13-18(15,11-21)12-22/h1-4,15,22H,5-13H2,(H,20,23)/t15-,18+/m0/s1. The first-order valence-corrected chi connectivity index (χ1v) is 8.53. The molecule has 1 aromatic rings. The van der Waals surface area contributed by atoms with Crippen molar-refractivity contribution >= 4 is 5.91 Å². The summed E-state index contributed by atoms with van der Waals surface area (Å²) in [6, 6.07) is 6.33. The number of carbonyl (C=O) groups is 1. The van der Waals surface area contributed by atoms with Crippen LogP contribution in [0.25, 0.3) is 0 Å². The van der Waals surface area contributed by atoms with Crippen LogP contribution in [0.15, 0.2) is 24.3 Å². The number of nitrogens with zero attached hydrogens (tertiary/aromatic N) is 1. The van der Waals surface area contributed by atoms with Gasteiger partial charge in [0.15, 0.2) is 0 Å². The second-order valence-electron chi connectivity index (χ2n) is 6.95. The van der Waals surface area contributed by atoms with E-state index >= 15 is 0 Å². The third-order valence-electron chi connectivity index (χ3n) is 5.21. The van der Waals surface area contributed by atoms with E-state index in [4.69, 9.17) is 4.74 Å². The fourth-order valence-electron chi connectivity index (χ4n) is 3.81. The minimum Gasteiger partial charge on any atom is -0.396 e. The summed E-state index contributed by atoms with van der Waals surface area (Å²) < 4.78 is 18.4. The van der Waals surface area contributed by atoms with Gasteiger partial charge in [0.25, 0.3) is 0 Å². The number of hydrogen-bond donors (Lipinski definition) is 2. The Balaban J connectivity index is 1.43. The third kappa shape index (κ3) is 3.94. The molecule has 0 radical (unpaired) electrons. The van der Waals surface area contributed by atoms with Crippen molar-refractivity contribution in [1.29, 1.82) is 0 Å². The Morgan fingerprint density at radius 3 is 2.92 bits per heavy atom. The summed E-state index contributed by atoms with van der Waals surface area (Å²) in [5, 5.41) is 12.7. The van der Waals surface area contributed by atoms with Crippen LogP contribution in [0.2, 0.25) is 0 Å². The highest BCUT2D eigenvalue weighted by atomic mass is 19.1. The Hall–Kier alpha value is -1.50. The van der Waals surface area contributed by atoms with Crippen LogP contribution >= 0.6 is 0 Å². The average molecular weight is 336 g/mol. The van der Waals surface area contributed by atoms with Crippen LogP contribution < -0.4 is 5.32 Å². The zero-order valence-electron chi connectivity index (χ0n) is 13.8. The highest BCUT2D eigenvalue weighted by Crippen LogP contribution is 2.40. The second-order valence-corrected chi connectivity index (χ2v) is 6.95. The highest BCUT2D eigenvalue weighted by molar-refractivity contribution is 5.78. The molecule has 1 aromatic carbocycles. The molecular formula is C18H25FN2O3. The quantitative estimate of drug-likeness (QED) is 0.807. The molecule has 0 aliphatic carbocycles. The number of rotatable bonds is 6. The number of fused-ring (bicyclic) bond motifs is 1. The first kappa shape index (κ1) is 17.3. The van der Waals surface area contributed by atoms with E-state index < -0.39 is 0 Å². The summed E-state index contributed by atoms with van der Waals surface area (Å²) in [5.74, 6) is 0.146. The molecule has 3 rings (SSSR count). The van der Waals surface area contributed by atoms with E-state index in [9.17, 15) is 14.3 Å². The number of benzene rings is 1. The van der Waals surface area contributed by atoms with Crippen molar-refractivity contribution in [2.45, 2.75) is 12.8 Å². The SMILES string of the molecule is O=C(CN1C[C@@H]2CCOC[C@]2(CO)C1)NCCc1ccc(F)cc1. The fourth-order valence-corrected chi connectivity index (χ4v) is 3.81. The topological polar surface area (TPSA) is 61.8 Å². The van der Waals surface area contributed by atoms with Crippen molar-refractivity contribution < 1.29 is 19.0 Å². The van der Waals surface area contributed by atoms with Crippen molar-refractivity contribution in [3.63, 3.8) is 0 Å². The number of likely N-dealkylation sites (tertiary alicyclic amines) is 1. The highest BCUT2D eigenvalue weighted by Gasteiger charge is 2.48. The summed E-state index contributed by atoms with van der Waals surface area (Å²) in [6.07, 6.45) is 1.63. The molecule has 0 bridgehead atoms. The predicted octanol–water partition coefficient (Wildman–Crippen LogP) is 0.815. The Labute approximate surface area is 141 Å². The number of amides is 1. The number of aliphatic hydroxyl groups is 1. The lowest BCUT2D eigenvalue weighted by atomic mass is 9.76. The molecule has 5 nitrogen and oxygen atoms in total. The lowest BCUT2D eigenvalue weighted by molar-refractivity contribution is -0.122. The van der Waals surface area contributed by atoms with Crippen molar-refractivity contribution in [1.82, 2.24) is 10.2 Å². The van der Waals surface area contributed by atoms with Gasteiger partial charge in [0.05, 0.1) is 19.8 Å². The van der Waals surface area contributed by atoms with Gasteiger partial charge in [-0.05, 0) is 36.5 Å².